The molecule has 0 N–H and O–H groups in total. The second-order valence-electron chi connectivity index (χ2n) is 32.0. The molecule has 0 unspecified atom stereocenters. The highest BCUT2D eigenvalue weighted by atomic mass is 16.5. The number of rotatable bonds is 18. The highest BCUT2D eigenvalue weighted by molar-refractivity contribution is 5.56. The van der Waals surface area contributed by atoms with Crippen molar-refractivity contribution in [2.75, 3.05) is 7.11 Å². The zero-order chi connectivity index (χ0) is 74.9. The Labute approximate surface area is 633 Å². The lowest BCUT2D eigenvalue weighted by atomic mass is 9.70. The van der Waals surface area contributed by atoms with Crippen molar-refractivity contribution < 1.29 is 4.74 Å². The van der Waals surface area contributed by atoms with Crippen LogP contribution in [0.15, 0.2) is 237 Å². The molecule has 0 bridgehead atoms. The van der Waals surface area contributed by atoms with Crippen molar-refractivity contribution in [3.05, 3.63) is 415 Å². The Bertz CT molecular complexity index is 4670. The summed E-state index contributed by atoms with van der Waals surface area (Å²) in [5, 5.41) is 0. The Morgan fingerprint density at radius 2 is 0.619 bits per heavy atom. The van der Waals surface area contributed by atoms with Crippen molar-refractivity contribution in [1.82, 2.24) is 0 Å². The topological polar surface area (TPSA) is 9.23 Å². The molecule has 1 saturated carbocycles. The van der Waals surface area contributed by atoms with Crippen molar-refractivity contribution in [3.8, 4) is 5.75 Å². The van der Waals surface area contributed by atoms with Gasteiger partial charge in [0.1, 0.15) is 5.75 Å². The fourth-order valence-corrected chi connectivity index (χ4v) is 16.2. The molecule has 12 aromatic carbocycles. The third-order valence-electron chi connectivity index (χ3n) is 24.0. The first-order valence-electron chi connectivity index (χ1n) is 38.8. The number of methoxy groups -OCH3 is 1. The molecule has 538 valence electrons. The zero-order valence-electron chi connectivity index (χ0n) is 66.9. The van der Waals surface area contributed by atoms with Gasteiger partial charge in [-0.05, 0) is 300 Å². The summed E-state index contributed by atoms with van der Waals surface area (Å²) in [6, 6.07) is 88.8. The first-order valence-corrected chi connectivity index (χ1v) is 38.8. The van der Waals surface area contributed by atoms with Crippen LogP contribution in [0.3, 0.4) is 0 Å². The summed E-state index contributed by atoms with van der Waals surface area (Å²) < 4.78 is 5.55. The monoisotopic (exact) mass is 1380 g/mol. The van der Waals surface area contributed by atoms with Crippen LogP contribution in [-0.2, 0) is 36.5 Å². The minimum absolute atomic E-state index is 0.0453. The Morgan fingerprint density at radius 1 is 0.305 bits per heavy atom. The van der Waals surface area contributed by atoms with E-state index >= 15 is 0 Å². The molecule has 1 aliphatic rings. The second-order valence-corrected chi connectivity index (χ2v) is 32.0. The largest absolute Gasteiger partial charge is 0.496 e. The molecule has 0 saturated heterocycles. The molecule has 0 aromatic heterocycles. The van der Waals surface area contributed by atoms with Gasteiger partial charge in [-0.15, -0.1) is 0 Å². The maximum atomic E-state index is 5.55. The van der Waals surface area contributed by atoms with Gasteiger partial charge >= 0.3 is 0 Å². The number of aryl methyl sites for hydroxylation is 10. The predicted molar refractivity (Wildman–Crippen MR) is 451 cm³/mol. The molecule has 0 amide bonds. The molecule has 1 nitrogen and oxygen atoms in total. The van der Waals surface area contributed by atoms with Gasteiger partial charge in [-0.3, -0.25) is 0 Å². The third-order valence-corrected chi connectivity index (χ3v) is 24.0. The summed E-state index contributed by atoms with van der Waals surface area (Å²) in [4.78, 5) is 0. The van der Waals surface area contributed by atoms with E-state index in [0.717, 1.165) is 37.0 Å². The Kier molecular flexibility index (Phi) is 24.6. The zero-order valence-corrected chi connectivity index (χ0v) is 66.9. The van der Waals surface area contributed by atoms with Gasteiger partial charge in [0.25, 0.3) is 0 Å². The Balaban J connectivity index is 0.000000169. The van der Waals surface area contributed by atoms with E-state index in [0.29, 0.717) is 5.92 Å². The molecule has 1 fully saturated rings. The highest BCUT2D eigenvalue weighted by Crippen LogP contribution is 2.43. The molecule has 12 aromatic rings. The average molecular weight is 1380 g/mol. The van der Waals surface area contributed by atoms with Crippen molar-refractivity contribution in [3.63, 3.8) is 0 Å². The van der Waals surface area contributed by atoms with E-state index in [9.17, 15) is 0 Å². The van der Waals surface area contributed by atoms with Crippen molar-refractivity contribution >= 4 is 0 Å². The molecule has 13 rings (SSSR count). The van der Waals surface area contributed by atoms with Crippen LogP contribution in [0.25, 0.3) is 0 Å². The van der Waals surface area contributed by atoms with Gasteiger partial charge < -0.3 is 4.74 Å². The molecule has 0 spiro atoms. The minimum atomic E-state index is -0.214. The SMILES string of the molecule is COc1cc(C(c2ccc(C)cc2)c2ccc(C)cc2)ccc1C.Cc1ccc(C(C)(C)c2ccc(C(C)(c3ccc(C)cc3)c3ccc(C)cc3)cc2)cc1.Cc1ccc(Cc2c(C)c(C)cc(Cc3cc(C4CCCCC4)cc(Cc4cc(C)c(C)c(Cc5ccc(C)cc5)c4C)c3C)c2C)cc1. The van der Waals surface area contributed by atoms with E-state index in [1.165, 1.54) is 199 Å². The van der Waals surface area contributed by atoms with Gasteiger partial charge in [0.05, 0.1) is 7.11 Å². The van der Waals surface area contributed by atoms with Gasteiger partial charge in [-0.25, -0.2) is 0 Å². The molecule has 0 radical (unpaired) electrons. The average Bonchev–Trinajstić information content (AvgIpc) is 0.762. The quantitative estimate of drug-likeness (QED) is 0.0778. The lowest BCUT2D eigenvalue weighted by molar-refractivity contribution is 0.411. The van der Waals surface area contributed by atoms with Crippen LogP contribution in [0.1, 0.15) is 243 Å². The predicted octanol–water partition coefficient (Wildman–Crippen LogP) is 27.0. The van der Waals surface area contributed by atoms with Crippen molar-refractivity contribution in [1.29, 1.82) is 0 Å². The molecule has 1 aliphatic carbocycles. The van der Waals surface area contributed by atoms with Crippen LogP contribution in [-0.4, -0.2) is 7.11 Å². The number of benzene rings is 12. The van der Waals surface area contributed by atoms with E-state index < -0.39 is 0 Å². The Hall–Kier alpha value is -9.56. The van der Waals surface area contributed by atoms with Crippen LogP contribution >= 0.6 is 0 Å². The van der Waals surface area contributed by atoms with E-state index in [-0.39, 0.29) is 16.7 Å². The molecule has 0 atom stereocenters. The summed E-state index contributed by atoms with van der Waals surface area (Å²) in [5.74, 6) is 1.83. The van der Waals surface area contributed by atoms with Crippen molar-refractivity contribution in [2.45, 2.75) is 205 Å². The maximum Gasteiger partial charge on any atom is 0.122 e. The molecule has 0 aliphatic heterocycles. The fourth-order valence-electron chi connectivity index (χ4n) is 16.2. The van der Waals surface area contributed by atoms with Crippen LogP contribution in [0.4, 0.5) is 0 Å². The van der Waals surface area contributed by atoms with Crippen LogP contribution < -0.4 is 4.74 Å². The molecule has 1 heteroatoms. The Morgan fingerprint density at radius 3 is 0.990 bits per heavy atom. The van der Waals surface area contributed by atoms with Gasteiger partial charge in [0.2, 0.25) is 0 Å². The van der Waals surface area contributed by atoms with Gasteiger partial charge in [0, 0.05) is 16.7 Å². The van der Waals surface area contributed by atoms with Gasteiger partial charge in [-0.2, -0.15) is 0 Å². The fraction of sp³-hybridized carbons (Fsp3) is 0.308. The molecular weight excluding hydrogens is 1270 g/mol. The van der Waals surface area contributed by atoms with E-state index in [4.69, 9.17) is 4.74 Å². The lowest BCUT2D eigenvalue weighted by Gasteiger charge is -2.33. The molecule has 0 heterocycles. The summed E-state index contributed by atoms with van der Waals surface area (Å²) in [6.45, 7) is 40.5. The first-order chi connectivity index (χ1) is 50.3. The summed E-state index contributed by atoms with van der Waals surface area (Å²) in [5.41, 5.74) is 44.0. The number of hydrogen-bond acceptors (Lipinski definition) is 1. The van der Waals surface area contributed by atoms with Crippen LogP contribution in [0.2, 0.25) is 0 Å². The smallest absolute Gasteiger partial charge is 0.122 e. The normalized spacial score (nSPS) is 12.5. The van der Waals surface area contributed by atoms with E-state index in [1.54, 1.807) is 12.7 Å². The highest BCUT2D eigenvalue weighted by Gasteiger charge is 2.33. The molecule has 105 heavy (non-hydrogen) atoms. The summed E-state index contributed by atoms with van der Waals surface area (Å²) in [7, 11) is 1.73. The standard InChI is InChI=1S/C49H58.C32H34.C23H24O/c1-31-15-19-40(20-16-31)25-48-35(5)33(3)23-43(38(48)8)27-45-29-47(42-13-11-10-12-14-42)30-46(37(45)7)28-44-24-34(4)36(6)49(39(44)9)26-41-21-17-32(2)18-22-41;1-23-7-13-26(14-8-23)31(4,5)27-19-21-30(22-20-27)32(6,28-15-9-24(2)10-16-28)29-17-11-25(3)12-18-29;1-16-5-10-19(11-6-16)23(20-12-7-17(2)8-13-20)21-14-9-18(3)22(15-21)24-4/h15-24,29-30,42H,10-14,25-28H2,1-9H3;7-22H,1-6H3;5-15,23H,1-4H3. The van der Waals surface area contributed by atoms with Gasteiger partial charge in [-0.1, -0.05) is 303 Å². The molecular formula is C104H116O. The third kappa shape index (κ3) is 18.1. The van der Waals surface area contributed by atoms with Gasteiger partial charge in [0.15, 0.2) is 0 Å². The van der Waals surface area contributed by atoms with Crippen LogP contribution in [0, 0.1) is 104 Å². The lowest BCUT2D eigenvalue weighted by Crippen LogP contribution is -2.26. The number of ether oxygens (including phenoxy) is 1. The van der Waals surface area contributed by atoms with Crippen LogP contribution in [0.5, 0.6) is 5.75 Å². The second kappa shape index (κ2) is 33.7. The number of hydrogen-bond donors (Lipinski definition) is 0. The summed E-state index contributed by atoms with van der Waals surface area (Å²) in [6.07, 6.45) is 10.8. The van der Waals surface area contributed by atoms with E-state index in [2.05, 4.69) is 361 Å². The van der Waals surface area contributed by atoms with Crippen molar-refractivity contribution in [2.24, 2.45) is 0 Å². The minimum Gasteiger partial charge on any atom is -0.496 e. The summed E-state index contributed by atoms with van der Waals surface area (Å²) >= 11 is 0. The maximum absolute atomic E-state index is 5.55. The van der Waals surface area contributed by atoms with E-state index in [1.807, 2.05) is 0 Å². The first kappa shape index (κ1) is 76.6.